The van der Waals surface area contributed by atoms with Gasteiger partial charge in [-0.25, -0.2) is 0 Å². The topological polar surface area (TPSA) is 84.9 Å². The van der Waals surface area contributed by atoms with Gasteiger partial charge in [0, 0.05) is 23.4 Å². The molecule has 5 heteroatoms. The molecule has 0 amide bonds. The van der Waals surface area contributed by atoms with Crippen LogP contribution in [0.25, 0.3) is 11.3 Å². The minimum Gasteiger partial charge on any atom is -0.381 e. The summed E-state index contributed by atoms with van der Waals surface area (Å²) < 4.78 is 5.10. The number of hydrogen-bond donors (Lipinski definition) is 2. The van der Waals surface area contributed by atoms with E-state index in [1.165, 1.54) is 6.07 Å². The van der Waals surface area contributed by atoms with E-state index in [0.29, 0.717) is 17.1 Å². The molecule has 0 spiro atoms. The third-order valence-corrected chi connectivity index (χ3v) is 2.21. The Morgan fingerprint density at radius 1 is 1.60 bits per heavy atom. The fourth-order valence-corrected chi connectivity index (χ4v) is 1.48. The Morgan fingerprint density at radius 2 is 2.40 bits per heavy atom. The van der Waals surface area contributed by atoms with Crippen LogP contribution < -0.4 is 11.3 Å². The molecule has 2 aromatic rings. The maximum absolute atomic E-state index is 11.1. The highest BCUT2D eigenvalue weighted by molar-refractivity contribution is 5.65. The molecule has 0 unspecified atom stereocenters. The van der Waals surface area contributed by atoms with Crippen molar-refractivity contribution in [2.24, 2.45) is 0 Å². The first-order chi connectivity index (χ1) is 7.22. The molecule has 0 aliphatic rings. The predicted molar refractivity (Wildman–Crippen MR) is 56.4 cm³/mol. The Hall–Kier alpha value is -2.04. The first kappa shape index (κ1) is 9.51. The number of nitrogens with one attached hydrogen (secondary N) is 1. The predicted octanol–water partition coefficient (Wildman–Crippen LogP) is 1.17. The van der Waals surface area contributed by atoms with E-state index in [9.17, 15) is 4.79 Å². The number of aromatic nitrogens is 2. The van der Waals surface area contributed by atoms with E-state index in [2.05, 4.69) is 10.1 Å². The van der Waals surface area contributed by atoms with Crippen molar-refractivity contribution in [3.63, 3.8) is 0 Å². The van der Waals surface area contributed by atoms with Crippen molar-refractivity contribution in [3.8, 4) is 11.3 Å². The van der Waals surface area contributed by atoms with Gasteiger partial charge < -0.3 is 15.2 Å². The summed E-state index contributed by atoms with van der Waals surface area (Å²) >= 11 is 0. The fraction of sp³-hybridized carbons (Fsp3) is 0.200. The Balaban J connectivity index is 2.58. The molecule has 0 radical (unpaired) electrons. The maximum atomic E-state index is 11.1. The van der Waals surface area contributed by atoms with Crippen LogP contribution in [0.15, 0.2) is 27.6 Å². The van der Waals surface area contributed by atoms with E-state index in [4.69, 9.17) is 10.3 Å². The Kier molecular flexibility index (Phi) is 2.29. The normalized spacial score (nSPS) is 10.5. The van der Waals surface area contributed by atoms with Gasteiger partial charge in [0.1, 0.15) is 0 Å². The van der Waals surface area contributed by atoms with E-state index in [0.717, 1.165) is 12.0 Å². The molecule has 2 rings (SSSR count). The smallest absolute Gasteiger partial charge is 0.248 e. The van der Waals surface area contributed by atoms with Crippen LogP contribution in [-0.4, -0.2) is 10.1 Å². The lowest BCUT2D eigenvalue weighted by Gasteiger charge is -1.97. The van der Waals surface area contributed by atoms with E-state index < -0.39 is 0 Å². The zero-order valence-corrected chi connectivity index (χ0v) is 8.28. The zero-order chi connectivity index (χ0) is 10.8. The van der Waals surface area contributed by atoms with Crippen LogP contribution in [0.1, 0.15) is 12.5 Å². The molecular formula is C10H11N3O2. The summed E-state index contributed by atoms with van der Waals surface area (Å²) in [5, 5.41) is 3.68. The van der Waals surface area contributed by atoms with Gasteiger partial charge in [-0.3, -0.25) is 4.79 Å². The minimum absolute atomic E-state index is 0.176. The van der Waals surface area contributed by atoms with Gasteiger partial charge in [-0.15, -0.1) is 0 Å². The molecule has 15 heavy (non-hydrogen) atoms. The molecule has 0 aliphatic carbocycles. The second-order valence-corrected chi connectivity index (χ2v) is 3.17. The first-order valence-corrected chi connectivity index (χ1v) is 4.65. The van der Waals surface area contributed by atoms with Crippen molar-refractivity contribution >= 4 is 5.82 Å². The fourth-order valence-electron chi connectivity index (χ4n) is 1.48. The monoisotopic (exact) mass is 205 g/mol. The third-order valence-electron chi connectivity index (χ3n) is 2.21. The molecule has 0 fully saturated rings. The van der Waals surface area contributed by atoms with Crippen LogP contribution in [0.3, 0.4) is 0 Å². The number of hydrogen-bond acceptors (Lipinski definition) is 4. The van der Waals surface area contributed by atoms with Crippen molar-refractivity contribution in [1.82, 2.24) is 10.1 Å². The lowest BCUT2D eigenvalue weighted by atomic mass is 10.1. The standard InChI is InChI=1S/C10H11N3O2/c1-2-7-9(15-13-10(7)11)6-3-4-12-8(14)5-6/h3-5H,2H2,1H3,(H2,11,13)(H,12,14). The second-order valence-electron chi connectivity index (χ2n) is 3.17. The summed E-state index contributed by atoms with van der Waals surface area (Å²) in [5.74, 6) is 0.953. The molecule has 2 aromatic heterocycles. The van der Waals surface area contributed by atoms with Gasteiger partial charge in [0.25, 0.3) is 0 Å². The number of anilines is 1. The molecule has 3 N–H and O–H groups in total. The van der Waals surface area contributed by atoms with Crippen molar-refractivity contribution in [2.45, 2.75) is 13.3 Å². The first-order valence-electron chi connectivity index (χ1n) is 4.65. The van der Waals surface area contributed by atoms with E-state index >= 15 is 0 Å². The molecular weight excluding hydrogens is 194 g/mol. The average molecular weight is 205 g/mol. The number of H-pyrrole nitrogens is 1. The van der Waals surface area contributed by atoms with Crippen molar-refractivity contribution in [2.75, 3.05) is 5.73 Å². The SMILES string of the molecule is CCc1c(N)noc1-c1cc[nH]c(=O)c1. The molecule has 0 saturated carbocycles. The summed E-state index contributed by atoms with van der Waals surface area (Å²) in [6.45, 7) is 1.96. The molecule has 78 valence electrons. The highest BCUT2D eigenvalue weighted by Gasteiger charge is 2.13. The van der Waals surface area contributed by atoms with Gasteiger partial charge >= 0.3 is 0 Å². The summed E-state index contributed by atoms with van der Waals surface area (Å²) in [4.78, 5) is 13.7. The largest absolute Gasteiger partial charge is 0.381 e. The maximum Gasteiger partial charge on any atom is 0.248 e. The number of rotatable bonds is 2. The number of aromatic amines is 1. The van der Waals surface area contributed by atoms with Crippen LogP contribution in [0.2, 0.25) is 0 Å². The average Bonchev–Trinajstić information content (AvgIpc) is 2.59. The van der Waals surface area contributed by atoms with Crippen LogP contribution in [0.4, 0.5) is 5.82 Å². The summed E-state index contributed by atoms with van der Waals surface area (Å²) in [7, 11) is 0. The van der Waals surface area contributed by atoms with Gasteiger partial charge in [-0.2, -0.15) is 0 Å². The lowest BCUT2D eigenvalue weighted by Crippen LogP contribution is -2.02. The molecule has 0 aromatic carbocycles. The van der Waals surface area contributed by atoms with Crippen molar-refractivity contribution in [1.29, 1.82) is 0 Å². The molecule has 0 saturated heterocycles. The zero-order valence-electron chi connectivity index (χ0n) is 8.28. The van der Waals surface area contributed by atoms with E-state index in [1.54, 1.807) is 12.3 Å². The lowest BCUT2D eigenvalue weighted by molar-refractivity contribution is 0.435. The van der Waals surface area contributed by atoms with Gasteiger partial charge in [-0.05, 0) is 12.5 Å². The van der Waals surface area contributed by atoms with Gasteiger partial charge in [0.15, 0.2) is 11.6 Å². The van der Waals surface area contributed by atoms with Crippen molar-refractivity contribution in [3.05, 3.63) is 34.2 Å². The Labute approximate surface area is 85.9 Å². The highest BCUT2D eigenvalue weighted by atomic mass is 16.5. The third kappa shape index (κ3) is 1.63. The quantitative estimate of drug-likeness (QED) is 0.770. The Morgan fingerprint density at radius 3 is 3.07 bits per heavy atom. The van der Waals surface area contributed by atoms with Crippen LogP contribution >= 0.6 is 0 Å². The highest BCUT2D eigenvalue weighted by Crippen LogP contribution is 2.26. The molecule has 5 nitrogen and oxygen atoms in total. The van der Waals surface area contributed by atoms with Gasteiger partial charge in [0.05, 0.1) is 0 Å². The van der Waals surface area contributed by atoms with Crippen LogP contribution in [0, 0.1) is 0 Å². The molecule has 0 bridgehead atoms. The number of nitrogens with zero attached hydrogens (tertiary/aromatic N) is 1. The summed E-state index contributed by atoms with van der Waals surface area (Å²) in [5.41, 5.74) is 6.99. The van der Waals surface area contributed by atoms with Crippen molar-refractivity contribution < 1.29 is 4.52 Å². The molecule has 0 aliphatic heterocycles. The van der Waals surface area contributed by atoms with Gasteiger partial charge in [-0.1, -0.05) is 12.1 Å². The second kappa shape index (κ2) is 3.61. The summed E-state index contributed by atoms with van der Waals surface area (Å²) in [6.07, 6.45) is 2.29. The number of pyridine rings is 1. The molecule has 2 heterocycles. The van der Waals surface area contributed by atoms with E-state index in [-0.39, 0.29) is 5.56 Å². The minimum atomic E-state index is -0.176. The number of nitrogen functional groups attached to an aromatic ring is 1. The molecule has 0 atom stereocenters. The van der Waals surface area contributed by atoms with Gasteiger partial charge in [0.2, 0.25) is 5.56 Å². The summed E-state index contributed by atoms with van der Waals surface area (Å²) in [6, 6.07) is 3.21. The number of nitrogens with two attached hydrogens (primary N) is 1. The Bertz CT molecular complexity index is 527. The van der Waals surface area contributed by atoms with Crippen LogP contribution in [-0.2, 0) is 6.42 Å². The van der Waals surface area contributed by atoms with Crippen LogP contribution in [0.5, 0.6) is 0 Å². The van der Waals surface area contributed by atoms with E-state index in [1.807, 2.05) is 6.92 Å².